The van der Waals surface area contributed by atoms with E-state index in [1.807, 2.05) is 36.1 Å². The molecule has 3 heterocycles. The van der Waals surface area contributed by atoms with Crippen LogP contribution in [0.3, 0.4) is 0 Å². The molecule has 6 atom stereocenters. The van der Waals surface area contributed by atoms with Crippen LogP contribution in [0.1, 0.15) is 66.7 Å². The Morgan fingerprint density at radius 1 is 1.14 bits per heavy atom. The van der Waals surface area contributed by atoms with Crippen LogP contribution in [0.25, 0.3) is 0 Å². The lowest BCUT2D eigenvalue weighted by atomic mass is 9.66. The number of unbranched alkanes of at least 4 members (excludes halogenated alkanes) is 1. The van der Waals surface area contributed by atoms with Crippen molar-refractivity contribution in [2.24, 2.45) is 17.8 Å². The molecule has 0 saturated carbocycles. The lowest BCUT2D eigenvalue weighted by Crippen LogP contribution is -2.57. The fraction of sp³-hybridized carbons (Fsp3) is 0.629. The number of rotatable bonds is 16. The number of benzene rings is 1. The number of carbonyl (C=O) groups excluding carboxylic acids is 3. The third-order valence-corrected chi connectivity index (χ3v) is 11.5. The van der Waals surface area contributed by atoms with Crippen LogP contribution >= 0.6 is 11.8 Å². The van der Waals surface area contributed by atoms with Crippen molar-refractivity contribution in [3.05, 3.63) is 49.6 Å². The lowest BCUT2D eigenvalue weighted by Gasteiger charge is -2.40. The number of carbonyl (C=O) groups is 3. The van der Waals surface area contributed by atoms with E-state index in [2.05, 4.69) is 40.9 Å². The second kappa shape index (κ2) is 14.1. The Balaban J connectivity index is 1.80. The number of anilines is 1. The van der Waals surface area contributed by atoms with Crippen molar-refractivity contribution in [1.82, 2.24) is 9.80 Å². The van der Waals surface area contributed by atoms with E-state index in [-0.39, 0.29) is 30.2 Å². The van der Waals surface area contributed by atoms with Gasteiger partial charge in [0.2, 0.25) is 17.7 Å². The highest BCUT2D eigenvalue weighted by Crippen LogP contribution is 2.72. The molecule has 1 spiro atoms. The van der Waals surface area contributed by atoms with E-state index >= 15 is 0 Å². The number of amides is 3. The standard InChI is InChI=1S/C35H51N3O5S/c1-8-12-21-36(19-9-2)33(42)30-35-18-17-34(7,44-35)28(29(35)32(41)38(30)26(23-39)22-24(5)6)31(40)37(20-10-3)25-13-15-27(16-14-25)43-11-4/h9-10,13-16,24,26,28-30,39H,2-3,8,11-12,17-23H2,1,4-7H3/t26-,28+,29+,30?,34-,35?/m1/s1. The summed E-state index contributed by atoms with van der Waals surface area (Å²) in [6.45, 7) is 19.6. The van der Waals surface area contributed by atoms with Crippen molar-refractivity contribution >= 4 is 35.2 Å². The molecule has 3 fully saturated rings. The van der Waals surface area contributed by atoms with Crippen molar-refractivity contribution in [3.8, 4) is 5.75 Å². The summed E-state index contributed by atoms with van der Waals surface area (Å²) in [5.41, 5.74) is 0.712. The van der Waals surface area contributed by atoms with Gasteiger partial charge in [0.25, 0.3) is 0 Å². The van der Waals surface area contributed by atoms with Gasteiger partial charge in [-0.25, -0.2) is 0 Å². The Morgan fingerprint density at radius 2 is 1.82 bits per heavy atom. The van der Waals surface area contributed by atoms with E-state index in [0.29, 0.717) is 44.8 Å². The second-order valence-electron chi connectivity index (χ2n) is 13.0. The highest BCUT2D eigenvalue weighted by molar-refractivity contribution is 8.02. The number of thioether (sulfide) groups is 1. The highest BCUT2D eigenvalue weighted by atomic mass is 32.2. The molecule has 2 bridgehead atoms. The van der Waals surface area contributed by atoms with Crippen LogP contribution in [-0.2, 0) is 14.4 Å². The number of aliphatic hydroxyl groups excluding tert-OH is 1. The lowest BCUT2D eigenvalue weighted by molar-refractivity contribution is -0.146. The Hall–Kier alpha value is -2.78. The van der Waals surface area contributed by atoms with Crippen LogP contribution in [-0.4, -0.2) is 87.1 Å². The number of hydrogen-bond acceptors (Lipinski definition) is 6. The quantitative estimate of drug-likeness (QED) is 0.251. The van der Waals surface area contributed by atoms with Crippen LogP contribution in [0.5, 0.6) is 5.75 Å². The Bertz CT molecular complexity index is 1220. The maximum Gasteiger partial charge on any atom is 0.247 e. The molecule has 3 aliphatic heterocycles. The van der Waals surface area contributed by atoms with Crippen LogP contribution in [0, 0.1) is 17.8 Å². The Labute approximate surface area is 267 Å². The van der Waals surface area contributed by atoms with Crippen molar-refractivity contribution in [2.75, 3.05) is 37.7 Å². The number of hydrogen-bond donors (Lipinski definition) is 1. The molecule has 2 unspecified atom stereocenters. The Morgan fingerprint density at radius 3 is 2.39 bits per heavy atom. The maximum absolute atomic E-state index is 14.8. The smallest absolute Gasteiger partial charge is 0.247 e. The van der Waals surface area contributed by atoms with Gasteiger partial charge in [-0.15, -0.1) is 24.9 Å². The first-order chi connectivity index (χ1) is 21.0. The minimum Gasteiger partial charge on any atom is -0.494 e. The summed E-state index contributed by atoms with van der Waals surface area (Å²) in [5.74, 6) is -0.774. The van der Waals surface area contributed by atoms with E-state index in [9.17, 15) is 19.5 Å². The molecule has 3 saturated heterocycles. The van der Waals surface area contributed by atoms with Crippen LogP contribution in [0.2, 0.25) is 0 Å². The summed E-state index contributed by atoms with van der Waals surface area (Å²) < 4.78 is 4.36. The van der Waals surface area contributed by atoms with E-state index in [1.165, 1.54) is 0 Å². The highest BCUT2D eigenvalue weighted by Gasteiger charge is 2.78. The molecular weight excluding hydrogens is 574 g/mol. The molecule has 0 aromatic heterocycles. The van der Waals surface area contributed by atoms with E-state index in [4.69, 9.17) is 4.74 Å². The molecule has 242 valence electrons. The van der Waals surface area contributed by atoms with Crippen molar-refractivity contribution < 1.29 is 24.2 Å². The predicted octanol–water partition coefficient (Wildman–Crippen LogP) is 5.31. The van der Waals surface area contributed by atoms with Gasteiger partial charge in [-0.2, -0.15) is 0 Å². The van der Waals surface area contributed by atoms with Gasteiger partial charge in [-0.1, -0.05) is 39.3 Å². The number of aliphatic hydroxyl groups is 1. The average molecular weight is 626 g/mol. The van der Waals surface area contributed by atoms with Gasteiger partial charge in [0.05, 0.1) is 35.8 Å². The molecule has 0 radical (unpaired) electrons. The van der Waals surface area contributed by atoms with Gasteiger partial charge in [0, 0.05) is 30.1 Å². The molecule has 3 amide bonds. The largest absolute Gasteiger partial charge is 0.494 e. The molecule has 0 aliphatic carbocycles. The molecular formula is C35H51N3O5S. The van der Waals surface area contributed by atoms with Crippen LogP contribution in [0.15, 0.2) is 49.6 Å². The maximum atomic E-state index is 14.8. The molecule has 44 heavy (non-hydrogen) atoms. The number of fused-ring (bicyclic) bond motifs is 1. The SMILES string of the molecule is C=CCN(CCCC)C(=O)C1N([C@@H](CO)CC(C)C)C(=O)[C@@H]2[C@@H](C(=O)N(CC=C)c3ccc(OCC)cc3)[C@@]3(C)CCC12S3. The zero-order valence-corrected chi connectivity index (χ0v) is 28.0. The molecule has 1 aromatic carbocycles. The molecule has 8 nitrogen and oxygen atoms in total. The first-order valence-corrected chi connectivity index (χ1v) is 17.0. The van der Waals surface area contributed by atoms with Gasteiger partial charge in [0.1, 0.15) is 11.8 Å². The van der Waals surface area contributed by atoms with E-state index < -0.39 is 33.4 Å². The first kappa shape index (κ1) is 34.1. The van der Waals surface area contributed by atoms with Gasteiger partial charge in [0.15, 0.2) is 0 Å². The summed E-state index contributed by atoms with van der Waals surface area (Å²) in [7, 11) is 0. The minimum atomic E-state index is -0.754. The van der Waals surface area contributed by atoms with Crippen molar-refractivity contribution in [1.29, 1.82) is 0 Å². The molecule has 9 heteroatoms. The number of ether oxygens (including phenoxy) is 1. The number of likely N-dealkylation sites (tertiary alicyclic amines) is 1. The Kier molecular flexibility index (Phi) is 10.9. The summed E-state index contributed by atoms with van der Waals surface area (Å²) in [5, 5.41) is 10.6. The van der Waals surface area contributed by atoms with Crippen molar-refractivity contribution in [2.45, 2.75) is 88.3 Å². The summed E-state index contributed by atoms with van der Waals surface area (Å²) in [6.07, 6.45) is 7.18. The van der Waals surface area contributed by atoms with Gasteiger partial charge >= 0.3 is 0 Å². The van der Waals surface area contributed by atoms with Gasteiger partial charge in [-0.3, -0.25) is 14.4 Å². The monoisotopic (exact) mass is 625 g/mol. The molecule has 3 aliphatic rings. The second-order valence-corrected chi connectivity index (χ2v) is 14.9. The third-order valence-electron chi connectivity index (χ3n) is 9.54. The zero-order chi connectivity index (χ0) is 32.2. The normalized spacial score (nSPS) is 27.8. The average Bonchev–Trinajstić information content (AvgIpc) is 3.57. The van der Waals surface area contributed by atoms with E-state index in [1.54, 1.807) is 33.7 Å². The first-order valence-electron chi connectivity index (χ1n) is 16.2. The fourth-order valence-electron chi connectivity index (χ4n) is 7.71. The van der Waals surface area contributed by atoms with Crippen LogP contribution < -0.4 is 9.64 Å². The van der Waals surface area contributed by atoms with Gasteiger partial charge < -0.3 is 24.5 Å². The van der Waals surface area contributed by atoms with Crippen LogP contribution in [0.4, 0.5) is 5.69 Å². The summed E-state index contributed by atoms with van der Waals surface area (Å²) in [6, 6.07) is 6.17. The van der Waals surface area contributed by atoms with Gasteiger partial charge in [-0.05, 0) is 69.7 Å². The molecule has 1 aromatic rings. The summed E-state index contributed by atoms with van der Waals surface area (Å²) >= 11 is 1.67. The van der Waals surface area contributed by atoms with Crippen molar-refractivity contribution in [3.63, 3.8) is 0 Å². The molecule has 1 N–H and O–H groups in total. The predicted molar refractivity (Wildman–Crippen MR) is 178 cm³/mol. The zero-order valence-electron chi connectivity index (χ0n) is 27.2. The minimum absolute atomic E-state index is 0.101. The number of nitrogens with zero attached hydrogens (tertiary/aromatic N) is 3. The summed E-state index contributed by atoms with van der Waals surface area (Å²) in [4.78, 5) is 49.3. The van der Waals surface area contributed by atoms with E-state index in [0.717, 1.165) is 25.0 Å². The topological polar surface area (TPSA) is 90.4 Å². The molecule has 4 rings (SSSR count). The fourth-order valence-corrected chi connectivity index (χ4v) is 10.0. The third kappa shape index (κ3) is 6.06.